The molecule has 1 aliphatic rings. The van der Waals surface area contributed by atoms with E-state index in [9.17, 15) is 0 Å². The molecule has 4 heteroatoms. The molecular formula is C16H15N3S. The van der Waals surface area contributed by atoms with Crippen molar-refractivity contribution in [1.29, 1.82) is 0 Å². The van der Waals surface area contributed by atoms with Crippen LogP contribution < -0.4 is 5.73 Å². The molecule has 100 valence electrons. The smallest absolute Gasteiger partial charge is 0.130 e. The highest BCUT2D eigenvalue weighted by atomic mass is 32.1. The zero-order valence-corrected chi connectivity index (χ0v) is 12.0. The number of nitrogens with zero attached hydrogens (tertiary/aromatic N) is 2. The lowest BCUT2D eigenvalue weighted by Gasteiger charge is -2.29. The molecule has 0 spiro atoms. The van der Waals surface area contributed by atoms with Gasteiger partial charge in [-0.3, -0.25) is 4.68 Å². The minimum absolute atomic E-state index is 0.381. The molecule has 1 aromatic carbocycles. The van der Waals surface area contributed by atoms with Crippen molar-refractivity contribution in [1.82, 2.24) is 9.78 Å². The first kappa shape index (κ1) is 11.7. The van der Waals surface area contributed by atoms with Crippen LogP contribution in [0.15, 0.2) is 41.8 Å². The maximum Gasteiger partial charge on any atom is 0.130 e. The van der Waals surface area contributed by atoms with Crippen LogP contribution in [-0.2, 0) is 13.5 Å². The van der Waals surface area contributed by atoms with E-state index in [1.807, 2.05) is 7.05 Å². The van der Waals surface area contributed by atoms with Gasteiger partial charge in [0.15, 0.2) is 0 Å². The van der Waals surface area contributed by atoms with Crippen molar-refractivity contribution < 1.29 is 0 Å². The van der Waals surface area contributed by atoms with Crippen LogP contribution >= 0.6 is 11.3 Å². The number of aromatic nitrogens is 2. The van der Waals surface area contributed by atoms with Gasteiger partial charge in [-0.15, -0.1) is 11.3 Å². The average Bonchev–Trinajstić information content (AvgIpc) is 3.01. The summed E-state index contributed by atoms with van der Waals surface area (Å²) in [5.41, 5.74) is 11.3. The fourth-order valence-corrected chi connectivity index (χ4v) is 3.77. The first-order valence-electron chi connectivity index (χ1n) is 6.69. The summed E-state index contributed by atoms with van der Waals surface area (Å²) in [7, 11) is 1.92. The van der Waals surface area contributed by atoms with Gasteiger partial charge in [-0.05, 0) is 29.0 Å². The number of rotatable bonds is 2. The molecule has 0 fully saturated rings. The average molecular weight is 281 g/mol. The second kappa shape index (κ2) is 4.21. The summed E-state index contributed by atoms with van der Waals surface area (Å²) in [6.07, 6.45) is 1.06. The Morgan fingerprint density at radius 2 is 2.10 bits per heavy atom. The van der Waals surface area contributed by atoms with E-state index >= 15 is 0 Å². The number of thiophene rings is 1. The standard InChI is InChI=1S/C16H15N3S/c1-19-16(17)14(13-7-4-8-20-13)15(18-19)12-9-10-5-2-3-6-11(10)12/h2-8,12H,9,17H2,1H3. The lowest BCUT2D eigenvalue weighted by atomic mass is 9.75. The third kappa shape index (κ3) is 1.55. The van der Waals surface area contributed by atoms with Gasteiger partial charge >= 0.3 is 0 Å². The number of nitrogens with two attached hydrogens (primary N) is 1. The van der Waals surface area contributed by atoms with Gasteiger partial charge in [0.25, 0.3) is 0 Å². The Hall–Kier alpha value is -2.07. The number of fused-ring (bicyclic) bond motifs is 1. The number of benzene rings is 1. The first-order valence-corrected chi connectivity index (χ1v) is 7.57. The van der Waals surface area contributed by atoms with Crippen LogP contribution in [0.4, 0.5) is 5.82 Å². The van der Waals surface area contributed by atoms with Gasteiger partial charge in [0.1, 0.15) is 5.82 Å². The summed E-state index contributed by atoms with van der Waals surface area (Å²) in [6.45, 7) is 0. The molecule has 1 atom stereocenters. The highest BCUT2D eigenvalue weighted by molar-refractivity contribution is 7.13. The van der Waals surface area contributed by atoms with E-state index in [2.05, 4.69) is 46.9 Å². The van der Waals surface area contributed by atoms with Crippen molar-refractivity contribution in [3.05, 3.63) is 58.6 Å². The van der Waals surface area contributed by atoms with Crippen molar-refractivity contribution in [2.75, 3.05) is 5.73 Å². The molecule has 1 unspecified atom stereocenters. The number of anilines is 1. The molecule has 0 amide bonds. The second-order valence-corrected chi connectivity index (χ2v) is 6.15. The summed E-state index contributed by atoms with van der Waals surface area (Å²) < 4.78 is 1.80. The Morgan fingerprint density at radius 1 is 1.25 bits per heavy atom. The maximum atomic E-state index is 6.24. The monoisotopic (exact) mass is 281 g/mol. The Kier molecular flexibility index (Phi) is 2.47. The minimum atomic E-state index is 0.381. The Labute approximate surface area is 121 Å². The second-order valence-electron chi connectivity index (χ2n) is 5.20. The summed E-state index contributed by atoms with van der Waals surface area (Å²) in [6, 6.07) is 12.8. The van der Waals surface area contributed by atoms with Crippen LogP contribution in [0.1, 0.15) is 22.7 Å². The predicted molar refractivity (Wildman–Crippen MR) is 82.9 cm³/mol. The highest BCUT2D eigenvalue weighted by Crippen LogP contribution is 2.45. The minimum Gasteiger partial charge on any atom is -0.383 e. The van der Waals surface area contributed by atoms with Gasteiger partial charge < -0.3 is 5.73 Å². The van der Waals surface area contributed by atoms with Crippen LogP contribution in [-0.4, -0.2) is 9.78 Å². The first-order chi connectivity index (χ1) is 9.75. The van der Waals surface area contributed by atoms with Gasteiger partial charge in [0.05, 0.1) is 11.3 Å². The highest BCUT2D eigenvalue weighted by Gasteiger charge is 2.32. The maximum absolute atomic E-state index is 6.24. The number of hydrogen-bond donors (Lipinski definition) is 1. The van der Waals surface area contributed by atoms with Gasteiger partial charge in [0, 0.05) is 17.8 Å². The van der Waals surface area contributed by atoms with E-state index in [4.69, 9.17) is 5.73 Å². The summed E-state index contributed by atoms with van der Waals surface area (Å²) >= 11 is 1.72. The number of nitrogen functional groups attached to an aromatic ring is 1. The molecule has 4 rings (SSSR count). The van der Waals surface area contributed by atoms with Crippen molar-refractivity contribution in [2.24, 2.45) is 7.05 Å². The Bertz CT molecular complexity index is 771. The van der Waals surface area contributed by atoms with Gasteiger partial charge in [-0.2, -0.15) is 5.10 Å². The quantitative estimate of drug-likeness (QED) is 0.782. The van der Waals surface area contributed by atoms with E-state index in [-0.39, 0.29) is 0 Å². The van der Waals surface area contributed by atoms with Crippen LogP contribution in [0, 0.1) is 0 Å². The van der Waals surface area contributed by atoms with Gasteiger partial charge in [0.2, 0.25) is 0 Å². The van der Waals surface area contributed by atoms with Crippen molar-refractivity contribution in [3.63, 3.8) is 0 Å². The molecule has 20 heavy (non-hydrogen) atoms. The van der Waals surface area contributed by atoms with Gasteiger partial charge in [-0.1, -0.05) is 30.3 Å². The fourth-order valence-electron chi connectivity index (χ4n) is 2.98. The van der Waals surface area contributed by atoms with Crippen molar-refractivity contribution in [2.45, 2.75) is 12.3 Å². The molecule has 1 aliphatic carbocycles. The van der Waals surface area contributed by atoms with E-state index in [0.29, 0.717) is 5.92 Å². The molecule has 2 aromatic heterocycles. The van der Waals surface area contributed by atoms with Crippen molar-refractivity contribution >= 4 is 17.2 Å². The third-order valence-corrected chi connectivity index (χ3v) is 4.96. The molecule has 0 aliphatic heterocycles. The van der Waals surface area contributed by atoms with Crippen LogP contribution in [0.2, 0.25) is 0 Å². The Morgan fingerprint density at radius 3 is 2.85 bits per heavy atom. The number of aryl methyl sites for hydroxylation is 1. The topological polar surface area (TPSA) is 43.8 Å². The zero-order chi connectivity index (χ0) is 13.7. The number of hydrogen-bond acceptors (Lipinski definition) is 3. The van der Waals surface area contributed by atoms with Crippen molar-refractivity contribution in [3.8, 4) is 10.4 Å². The lowest BCUT2D eigenvalue weighted by Crippen LogP contribution is -2.19. The molecule has 0 bridgehead atoms. The summed E-state index contributed by atoms with van der Waals surface area (Å²) in [5, 5.41) is 6.77. The van der Waals surface area contributed by atoms with Gasteiger partial charge in [-0.25, -0.2) is 0 Å². The van der Waals surface area contributed by atoms with Crippen LogP contribution in [0.5, 0.6) is 0 Å². The molecule has 2 heterocycles. The van der Waals surface area contributed by atoms with E-state index in [1.165, 1.54) is 16.0 Å². The zero-order valence-electron chi connectivity index (χ0n) is 11.2. The fraction of sp³-hybridized carbons (Fsp3) is 0.188. The molecular weight excluding hydrogens is 266 g/mol. The summed E-state index contributed by atoms with van der Waals surface area (Å²) in [4.78, 5) is 1.20. The molecule has 0 saturated carbocycles. The normalized spacial score (nSPS) is 16.8. The molecule has 3 aromatic rings. The summed E-state index contributed by atoms with van der Waals surface area (Å²) in [5.74, 6) is 1.14. The molecule has 2 N–H and O–H groups in total. The lowest BCUT2D eigenvalue weighted by molar-refractivity contribution is 0.655. The third-order valence-electron chi connectivity index (χ3n) is 4.07. The van der Waals surface area contributed by atoms with E-state index in [1.54, 1.807) is 16.0 Å². The van der Waals surface area contributed by atoms with E-state index < -0.39 is 0 Å². The SMILES string of the molecule is Cn1nc(C2Cc3ccccc32)c(-c2cccs2)c1N. The van der Waals surface area contributed by atoms with E-state index in [0.717, 1.165) is 23.5 Å². The molecule has 0 radical (unpaired) electrons. The molecule has 3 nitrogen and oxygen atoms in total. The largest absolute Gasteiger partial charge is 0.383 e. The molecule has 0 saturated heterocycles. The predicted octanol–water partition coefficient (Wildman–Crippen LogP) is 3.42. The van der Waals surface area contributed by atoms with Crippen LogP contribution in [0.3, 0.4) is 0 Å². The van der Waals surface area contributed by atoms with Crippen LogP contribution in [0.25, 0.3) is 10.4 Å². The Balaban J connectivity index is 1.87.